The van der Waals surface area contributed by atoms with Crippen LogP contribution in [-0.2, 0) is 19.0 Å². The first-order chi connectivity index (χ1) is 8.74. The van der Waals surface area contributed by atoms with Crippen molar-refractivity contribution < 1.29 is 19.0 Å². The number of carbonyl (C=O) groups is 1. The molecule has 2 aliphatic heterocycles. The van der Waals surface area contributed by atoms with Gasteiger partial charge in [0.05, 0.1) is 26.4 Å². The monoisotopic (exact) mass is 255 g/mol. The van der Waals surface area contributed by atoms with E-state index in [4.69, 9.17) is 14.2 Å². The van der Waals surface area contributed by atoms with Crippen molar-refractivity contribution in [2.75, 3.05) is 39.5 Å². The van der Waals surface area contributed by atoms with Crippen LogP contribution >= 0.6 is 0 Å². The summed E-state index contributed by atoms with van der Waals surface area (Å²) in [6, 6.07) is 0. The molecule has 0 unspecified atom stereocenters. The third kappa shape index (κ3) is 3.54. The predicted octanol–water partition coefficient (Wildman–Crippen LogP) is 0.945. The number of carbonyl (C=O) groups excluding carboxylic acids is 1. The predicted molar refractivity (Wildman–Crippen MR) is 66.1 cm³/mol. The van der Waals surface area contributed by atoms with Crippen LogP contribution in [0.5, 0.6) is 0 Å². The van der Waals surface area contributed by atoms with Crippen molar-refractivity contribution in [3.63, 3.8) is 0 Å². The van der Waals surface area contributed by atoms with Crippen molar-refractivity contribution >= 4 is 5.97 Å². The largest absolute Gasteiger partial charge is 0.463 e. The van der Waals surface area contributed by atoms with Crippen molar-refractivity contribution in [1.29, 1.82) is 0 Å². The maximum absolute atomic E-state index is 11.2. The molecule has 2 rings (SSSR count). The Labute approximate surface area is 108 Å². The molecule has 0 N–H and O–H groups in total. The summed E-state index contributed by atoms with van der Waals surface area (Å²) >= 11 is 0. The molecule has 102 valence electrons. The van der Waals surface area contributed by atoms with E-state index in [0.29, 0.717) is 19.8 Å². The molecule has 0 radical (unpaired) electrons. The molecule has 5 heteroatoms. The van der Waals surface area contributed by atoms with Crippen LogP contribution in [0.3, 0.4) is 0 Å². The third-order valence-electron chi connectivity index (χ3n) is 3.21. The minimum absolute atomic E-state index is 0.280. The van der Waals surface area contributed by atoms with E-state index in [1.54, 1.807) is 6.92 Å². The molecule has 18 heavy (non-hydrogen) atoms. The second-order valence-corrected chi connectivity index (χ2v) is 4.60. The second kappa shape index (κ2) is 6.31. The van der Waals surface area contributed by atoms with Crippen molar-refractivity contribution in [2.45, 2.75) is 25.6 Å². The molecular formula is C13H21NO4. The molecule has 5 nitrogen and oxygen atoms in total. The third-order valence-corrected chi connectivity index (χ3v) is 3.21. The summed E-state index contributed by atoms with van der Waals surface area (Å²) in [6.45, 7) is 6.11. The molecule has 0 bridgehead atoms. The van der Waals surface area contributed by atoms with Crippen LogP contribution in [0.4, 0.5) is 0 Å². The Morgan fingerprint density at radius 2 is 2.22 bits per heavy atom. The van der Waals surface area contributed by atoms with Crippen LogP contribution in [0, 0.1) is 0 Å². The molecule has 0 atom stereocenters. The van der Waals surface area contributed by atoms with Crippen molar-refractivity contribution in [3.05, 3.63) is 12.2 Å². The molecule has 2 aliphatic rings. The number of nitrogens with zero attached hydrogens (tertiary/aromatic N) is 1. The summed E-state index contributed by atoms with van der Waals surface area (Å²) in [5.74, 6) is -0.673. The van der Waals surface area contributed by atoms with E-state index in [0.717, 1.165) is 32.5 Å². The summed E-state index contributed by atoms with van der Waals surface area (Å²) in [6.07, 6.45) is 5.35. The highest BCUT2D eigenvalue weighted by Crippen LogP contribution is 2.29. The number of hydrogen-bond donors (Lipinski definition) is 0. The standard InChI is InChI=1S/C13H21NO4/c1-2-16-12(15)5-3-7-14-8-4-6-13(11-14)17-9-10-18-13/h3,5H,2,4,6-11H2,1H3/b5-3+. The molecule has 0 amide bonds. The average Bonchev–Trinajstić information content (AvgIpc) is 2.78. The van der Waals surface area contributed by atoms with E-state index in [9.17, 15) is 4.79 Å². The lowest BCUT2D eigenvalue weighted by molar-refractivity contribution is -0.188. The molecule has 0 aliphatic carbocycles. The van der Waals surface area contributed by atoms with Gasteiger partial charge >= 0.3 is 5.97 Å². The molecule has 0 aromatic carbocycles. The first kappa shape index (κ1) is 13.5. The Bertz CT molecular complexity index is 310. The zero-order valence-electron chi connectivity index (χ0n) is 10.9. The Morgan fingerprint density at radius 1 is 1.44 bits per heavy atom. The maximum Gasteiger partial charge on any atom is 0.330 e. The Balaban J connectivity index is 1.77. The van der Waals surface area contributed by atoms with Crippen LogP contribution in [0.1, 0.15) is 19.8 Å². The number of piperidine rings is 1. The summed E-state index contributed by atoms with van der Waals surface area (Å²) in [4.78, 5) is 13.4. The zero-order chi connectivity index (χ0) is 12.8. The van der Waals surface area contributed by atoms with Crippen molar-refractivity contribution in [2.24, 2.45) is 0 Å². The molecular weight excluding hydrogens is 234 g/mol. The highest BCUT2D eigenvalue weighted by atomic mass is 16.7. The maximum atomic E-state index is 11.2. The molecule has 1 spiro atoms. The average molecular weight is 255 g/mol. The fraction of sp³-hybridized carbons (Fsp3) is 0.769. The Hall–Kier alpha value is -0.910. The van der Waals surface area contributed by atoms with Crippen LogP contribution in [0.15, 0.2) is 12.2 Å². The summed E-state index contributed by atoms with van der Waals surface area (Å²) in [5, 5.41) is 0. The van der Waals surface area contributed by atoms with Crippen LogP contribution in [0.2, 0.25) is 0 Å². The van der Waals surface area contributed by atoms with Gasteiger partial charge in [-0.25, -0.2) is 4.79 Å². The molecule has 0 aromatic heterocycles. The fourth-order valence-electron chi connectivity index (χ4n) is 2.45. The first-order valence-corrected chi connectivity index (χ1v) is 6.58. The normalized spacial score (nSPS) is 23.8. The van der Waals surface area contributed by atoms with Gasteiger partial charge in [0.15, 0.2) is 5.79 Å². The van der Waals surface area contributed by atoms with Gasteiger partial charge in [0.1, 0.15) is 0 Å². The molecule has 0 saturated carbocycles. The molecule has 0 aromatic rings. The highest BCUT2D eigenvalue weighted by Gasteiger charge is 2.40. The number of esters is 1. The van der Waals surface area contributed by atoms with E-state index >= 15 is 0 Å². The van der Waals surface area contributed by atoms with Gasteiger partial charge in [0.2, 0.25) is 0 Å². The van der Waals surface area contributed by atoms with Gasteiger partial charge in [-0.05, 0) is 19.9 Å². The molecule has 2 saturated heterocycles. The first-order valence-electron chi connectivity index (χ1n) is 6.58. The van der Waals surface area contributed by atoms with Gasteiger partial charge in [-0.15, -0.1) is 0 Å². The number of ether oxygens (including phenoxy) is 3. The lowest BCUT2D eigenvalue weighted by Gasteiger charge is -2.38. The topological polar surface area (TPSA) is 48.0 Å². The quantitative estimate of drug-likeness (QED) is 0.553. The van der Waals surface area contributed by atoms with E-state index < -0.39 is 5.79 Å². The minimum atomic E-state index is -0.393. The zero-order valence-corrected chi connectivity index (χ0v) is 10.9. The second-order valence-electron chi connectivity index (χ2n) is 4.60. The van der Waals surface area contributed by atoms with Crippen LogP contribution in [-0.4, -0.2) is 56.1 Å². The smallest absolute Gasteiger partial charge is 0.330 e. The van der Waals surface area contributed by atoms with Crippen molar-refractivity contribution in [3.8, 4) is 0 Å². The van der Waals surface area contributed by atoms with Crippen LogP contribution < -0.4 is 0 Å². The van der Waals surface area contributed by atoms with E-state index in [2.05, 4.69) is 4.90 Å². The van der Waals surface area contributed by atoms with Gasteiger partial charge in [-0.3, -0.25) is 4.90 Å². The minimum Gasteiger partial charge on any atom is -0.463 e. The van der Waals surface area contributed by atoms with Gasteiger partial charge < -0.3 is 14.2 Å². The number of likely N-dealkylation sites (tertiary alicyclic amines) is 1. The van der Waals surface area contributed by atoms with E-state index in [-0.39, 0.29) is 5.97 Å². The van der Waals surface area contributed by atoms with Gasteiger partial charge in [-0.1, -0.05) is 6.08 Å². The summed E-state index contributed by atoms with van der Waals surface area (Å²) < 4.78 is 16.2. The van der Waals surface area contributed by atoms with Gasteiger partial charge in [-0.2, -0.15) is 0 Å². The number of rotatable bonds is 4. The SMILES string of the molecule is CCOC(=O)/C=C/CN1CCCC2(C1)OCCO2. The number of hydrogen-bond acceptors (Lipinski definition) is 5. The summed E-state index contributed by atoms with van der Waals surface area (Å²) in [5.41, 5.74) is 0. The van der Waals surface area contributed by atoms with E-state index in [1.807, 2.05) is 6.08 Å². The van der Waals surface area contributed by atoms with Gasteiger partial charge in [0.25, 0.3) is 0 Å². The Morgan fingerprint density at radius 3 is 2.94 bits per heavy atom. The van der Waals surface area contributed by atoms with Crippen molar-refractivity contribution in [1.82, 2.24) is 4.90 Å². The summed E-state index contributed by atoms with van der Waals surface area (Å²) in [7, 11) is 0. The van der Waals surface area contributed by atoms with E-state index in [1.165, 1.54) is 6.08 Å². The Kier molecular flexibility index (Phi) is 4.74. The lowest BCUT2D eigenvalue weighted by atomic mass is 10.0. The molecule has 2 fully saturated rings. The van der Waals surface area contributed by atoms with Crippen LogP contribution in [0.25, 0.3) is 0 Å². The van der Waals surface area contributed by atoms with Gasteiger partial charge in [0, 0.05) is 19.0 Å². The lowest BCUT2D eigenvalue weighted by Crippen LogP contribution is -2.48. The molecule has 2 heterocycles. The fourth-order valence-corrected chi connectivity index (χ4v) is 2.45. The highest BCUT2D eigenvalue weighted by molar-refractivity contribution is 5.81.